The average molecular weight is 519 g/mol. The van der Waals surface area contributed by atoms with E-state index >= 15 is 0 Å². The van der Waals surface area contributed by atoms with Crippen LogP contribution in [0, 0.1) is 6.92 Å². The van der Waals surface area contributed by atoms with Crippen molar-refractivity contribution < 1.29 is 18.3 Å². The van der Waals surface area contributed by atoms with E-state index in [-0.39, 0.29) is 22.8 Å². The molecule has 2 heterocycles. The molecule has 34 heavy (non-hydrogen) atoms. The lowest BCUT2D eigenvalue weighted by molar-refractivity contribution is 0.0917. The summed E-state index contributed by atoms with van der Waals surface area (Å²) in [5.74, 6) is -0.498. The Balaban J connectivity index is 1.55. The number of anilines is 1. The van der Waals surface area contributed by atoms with Crippen LogP contribution in [-0.2, 0) is 16.4 Å². The van der Waals surface area contributed by atoms with E-state index in [0.717, 1.165) is 11.1 Å². The van der Waals surface area contributed by atoms with Gasteiger partial charge in [0, 0.05) is 17.4 Å². The number of aliphatic hydroxyl groups is 1. The quantitative estimate of drug-likeness (QED) is 0.396. The molecule has 2 aliphatic rings. The number of fused-ring (bicyclic) bond motifs is 1. The number of carbonyl (C=O) groups excluding carboxylic acids is 1. The third-order valence-corrected chi connectivity index (χ3v) is 7.61. The number of aliphatic hydroxyl groups excluding tert-OH is 1. The van der Waals surface area contributed by atoms with Gasteiger partial charge in [-0.15, -0.1) is 0 Å². The second-order valence-electron chi connectivity index (χ2n) is 7.78. The van der Waals surface area contributed by atoms with E-state index in [9.17, 15) is 18.3 Å². The van der Waals surface area contributed by atoms with Crippen molar-refractivity contribution in [2.75, 3.05) is 11.3 Å². The number of nitrogens with one attached hydrogen (secondary N) is 3. The molecular weight excluding hydrogens is 496 g/mol. The summed E-state index contributed by atoms with van der Waals surface area (Å²) in [5.41, 5.74) is 2.47. The van der Waals surface area contributed by atoms with E-state index in [4.69, 9.17) is 11.6 Å². The standard InChI is InChI=1S/C23H23ClN4O4S2/c1-15-4-9-19(23(30)26-18(14-29)12-16-5-7-17(24)8-6-16)20(11-15)27-34(31,32)22-3-2-10-28-21(22)13-25-33-28/h2-11,13,18,25,27,29H,12,14H2,1H3,(H,26,30). The Morgan fingerprint density at radius 2 is 2.00 bits per heavy atom. The van der Waals surface area contributed by atoms with E-state index in [1.165, 1.54) is 18.2 Å². The Morgan fingerprint density at radius 3 is 2.74 bits per heavy atom. The van der Waals surface area contributed by atoms with Gasteiger partial charge in [0.05, 0.1) is 41.7 Å². The number of benzene rings is 2. The maximum atomic E-state index is 13.2. The van der Waals surface area contributed by atoms with Crippen molar-refractivity contribution in [1.82, 2.24) is 14.3 Å². The number of sulfonamides is 1. The number of aryl methyl sites for hydroxylation is 1. The Labute approximate surface area is 207 Å². The average Bonchev–Trinajstić information content (AvgIpc) is 3.28. The summed E-state index contributed by atoms with van der Waals surface area (Å²) in [6, 6.07) is 11.5. The first-order valence-corrected chi connectivity index (χ1v) is 13.0. The van der Waals surface area contributed by atoms with Crippen LogP contribution in [0.4, 0.5) is 5.69 Å². The summed E-state index contributed by atoms with van der Waals surface area (Å²) in [6.45, 7) is 1.52. The molecule has 0 bridgehead atoms. The molecule has 2 aromatic carbocycles. The number of allylic oxidation sites excluding steroid dienone is 2. The minimum absolute atomic E-state index is 0.0799. The maximum absolute atomic E-state index is 13.2. The lowest BCUT2D eigenvalue weighted by Gasteiger charge is -2.22. The molecule has 178 valence electrons. The van der Waals surface area contributed by atoms with Crippen LogP contribution in [0.25, 0.3) is 0 Å². The molecule has 2 aliphatic heterocycles. The topological polar surface area (TPSA) is 111 Å². The molecule has 0 fully saturated rings. The molecule has 1 amide bonds. The smallest absolute Gasteiger partial charge is 0.264 e. The molecule has 0 saturated heterocycles. The van der Waals surface area contributed by atoms with Gasteiger partial charge in [-0.2, -0.15) is 0 Å². The molecule has 0 radical (unpaired) electrons. The molecule has 1 unspecified atom stereocenters. The molecule has 2 aromatic rings. The third-order valence-electron chi connectivity index (χ3n) is 5.21. The van der Waals surface area contributed by atoms with Gasteiger partial charge in [-0.1, -0.05) is 29.8 Å². The second-order valence-corrected chi connectivity index (χ2v) is 10.7. The Bertz CT molecular complexity index is 1290. The first kappa shape index (κ1) is 24.2. The van der Waals surface area contributed by atoms with Crippen LogP contribution in [0.3, 0.4) is 0 Å². The van der Waals surface area contributed by atoms with Crippen molar-refractivity contribution in [1.29, 1.82) is 0 Å². The van der Waals surface area contributed by atoms with E-state index in [2.05, 4.69) is 14.8 Å². The lowest BCUT2D eigenvalue weighted by Crippen LogP contribution is -2.39. The van der Waals surface area contributed by atoms with E-state index < -0.39 is 22.0 Å². The number of rotatable bonds is 8. The van der Waals surface area contributed by atoms with Gasteiger partial charge in [0.1, 0.15) is 4.91 Å². The van der Waals surface area contributed by atoms with E-state index in [1.54, 1.807) is 60.0 Å². The molecule has 0 aromatic heterocycles. The SMILES string of the molecule is Cc1ccc(C(=O)NC(CO)Cc2ccc(Cl)cc2)c(NS(=O)(=O)C2=CC=CN3SNC=C23)c1. The van der Waals surface area contributed by atoms with Crippen LogP contribution in [0.1, 0.15) is 21.5 Å². The first-order chi connectivity index (χ1) is 16.3. The van der Waals surface area contributed by atoms with Gasteiger partial charge in [0.15, 0.2) is 0 Å². The van der Waals surface area contributed by atoms with E-state index in [1.807, 2.05) is 12.1 Å². The molecular formula is C23H23ClN4O4S2. The number of amides is 1. The number of hydrogen-bond donors (Lipinski definition) is 4. The third kappa shape index (κ3) is 5.41. The van der Waals surface area contributed by atoms with Crippen molar-refractivity contribution in [3.05, 3.63) is 99.3 Å². The number of hydrogen-bond acceptors (Lipinski definition) is 7. The predicted molar refractivity (Wildman–Crippen MR) is 135 cm³/mol. The van der Waals surface area contributed by atoms with Crippen LogP contribution in [0.15, 0.2) is 77.6 Å². The van der Waals surface area contributed by atoms with Gasteiger partial charge in [-0.05, 0) is 60.9 Å². The lowest BCUT2D eigenvalue weighted by atomic mass is 10.0. The van der Waals surface area contributed by atoms with Gasteiger partial charge < -0.3 is 15.1 Å². The monoisotopic (exact) mass is 518 g/mol. The van der Waals surface area contributed by atoms with Gasteiger partial charge in [-0.3, -0.25) is 13.8 Å². The van der Waals surface area contributed by atoms with Crippen LogP contribution in [-0.4, -0.2) is 36.4 Å². The Morgan fingerprint density at radius 1 is 1.24 bits per heavy atom. The number of nitrogens with zero attached hydrogens (tertiary/aromatic N) is 1. The van der Waals surface area contributed by atoms with E-state index in [0.29, 0.717) is 17.1 Å². The zero-order valence-corrected chi connectivity index (χ0v) is 20.5. The highest BCUT2D eigenvalue weighted by molar-refractivity contribution is 7.97. The first-order valence-electron chi connectivity index (χ1n) is 10.4. The van der Waals surface area contributed by atoms with Crippen LogP contribution in [0.2, 0.25) is 5.02 Å². The fraction of sp³-hybridized carbons (Fsp3) is 0.174. The van der Waals surface area contributed by atoms with Crippen molar-refractivity contribution in [2.24, 2.45) is 0 Å². The fourth-order valence-electron chi connectivity index (χ4n) is 3.53. The van der Waals surface area contributed by atoms with Gasteiger partial charge in [0.2, 0.25) is 0 Å². The summed E-state index contributed by atoms with van der Waals surface area (Å²) in [5, 5.41) is 13.2. The summed E-state index contributed by atoms with van der Waals surface area (Å²) in [6.07, 6.45) is 6.88. The highest BCUT2D eigenvalue weighted by atomic mass is 35.5. The number of carbonyl (C=O) groups is 1. The molecule has 4 rings (SSSR count). The number of halogens is 1. The summed E-state index contributed by atoms with van der Waals surface area (Å²) >= 11 is 7.17. The molecule has 8 nitrogen and oxygen atoms in total. The van der Waals surface area contributed by atoms with Crippen LogP contribution < -0.4 is 14.8 Å². The molecule has 1 atom stereocenters. The second kappa shape index (κ2) is 10.1. The van der Waals surface area contributed by atoms with Gasteiger partial charge >= 0.3 is 0 Å². The largest absolute Gasteiger partial charge is 0.394 e. The van der Waals surface area contributed by atoms with Gasteiger partial charge in [0.25, 0.3) is 15.9 Å². The normalized spacial score (nSPS) is 15.7. The Hall–Kier alpha value is -2.92. The zero-order valence-electron chi connectivity index (χ0n) is 18.2. The molecule has 11 heteroatoms. The van der Waals surface area contributed by atoms with Crippen molar-refractivity contribution in [2.45, 2.75) is 19.4 Å². The summed E-state index contributed by atoms with van der Waals surface area (Å²) in [4.78, 5) is 13.2. The molecule has 0 spiro atoms. The Kier molecular flexibility index (Phi) is 7.22. The molecule has 4 N–H and O–H groups in total. The highest BCUT2D eigenvalue weighted by Crippen LogP contribution is 2.34. The highest BCUT2D eigenvalue weighted by Gasteiger charge is 2.30. The maximum Gasteiger partial charge on any atom is 0.264 e. The zero-order chi connectivity index (χ0) is 24.3. The predicted octanol–water partition coefficient (Wildman–Crippen LogP) is 3.44. The van der Waals surface area contributed by atoms with Crippen LogP contribution in [0.5, 0.6) is 0 Å². The van der Waals surface area contributed by atoms with Crippen molar-refractivity contribution in [3.8, 4) is 0 Å². The summed E-state index contributed by atoms with van der Waals surface area (Å²) < 4.78 is 33.6. The molecule has 0 aliphatic carbocycles. The van der Waals surface area contributed by atoms with Crippen molar-refractivity contribution in [3.63, 3.8) is 0 Å². The minimum atomic E-state index is -4.00. The van der Waals surface area contributed by atoms with Crippen molar-refractivity contribution >= 4 is 45.4 Å². The summed E-state index contributed by atoms with van der Waals surface area (Å²) in [7, 11) is -4.00. The molecule has 0 saturated carbocycles. The fourth-order valence-corrected chi connectivity index (χ4v) is 5.63. The van der Waals surface area contributed by atoms with Gasteiger partial charge in [-0.25, -0.2) is 8.42 Å². The van der Waals surface area contributed by atoms with Crippen LogP contribution >= 0.6 is 23.7 Å². The minimum Gasteiger partial charge on any atom is -0.394 e.